The topological polar surface area (TPSA) is 86.8 Å². The molecule has 0 bridgehead atoms. The second-order valence-electron chi connectivity index (χ2n) is 10.1. The molecular weight excluding hydrogens is 474 g/mol. The van der Waals surface area contributed by atoms with Crippen molar-refractivity contribution in [3.63, 3.8) is 0 Å². The van der Waals surface area contributed by atoms with Gasteiger partial charge in [0.25, 0.3) is 0 Å². The number of hydrogen-bond acceptors (Lipinski definition) is 4. The first-order valence-corrected chi connectivity index (χ1v) is 14.4. The SMILES string of the molecule is Cc1ccc(S(=O)(=O)N2CCC(C(=O)N3CCCC3C(=O)NC(C)CCc3ccccc3)CC2)cc1. The molecule has 2 aliphatic heterocycles. The highest BCUT2D eigenvalue weighted by Crippen LogP contribution is 2.28. The molecule has 7 nitrogen and oxygen atoms in total. The van der Waals surface area contributed by atoms with Gasteiger partial charge in [0, 0.05) is 31.6 Å². The lowest BCUT2D eigenvalue weighted by Crippen LogP contribution is -2.51. The highest BCUT2D eigenvalue weighted by atomic mass is 32.2. The van der Waals surface area contributed by atoms with Gasteiger partial charge in [0.1, 0.15) is 6.04 Å². The molecule has 2 aliphatic rings. The lowest BCUT2D eigenvalue weighted by atomic mass is 9.96. The predicted molar refractivity (Wildman–Crippen MR) is 140 cm³/mol. The normalized spacial score (nSPS) is 20.3. The first-order chi connectivity index (χ1) is 17.3. The molecule has 2 heterocycles. The van der Waals surface area contributed by atoms with E-state index in [1.165, 1.54) is 9.87 Å². The average molecular weight is 512 g/mol. The number of hydrogen-bond donors (Lipinski definition) is 1. The fourth-order valence-corrected chi connectivity index (χ4v) is 6.65. The highest BCUT2D eigenvalue weighted by Gasteiger charge is 2.39. The van der Waals surface area contributed by atoms with Crippen LogP contribution in [0.4, 0.5) is 0 Å². The molecular formula is C28H37N3O4S. The van der Waals surface area contributed by atoms with Crippen molar-refractivity contribution in [2.75, 3.05) is 19.6 Å². The highest BCUT2D eigenvalue weighted by molar-refractivity contribution is 7.89. The number of carbonyl (C=O) groups excluding carboxylic acids is 2. The van der Waals surface area contributed by atoms with Gasteiger partial charge < -0.3 is 10.2 Å². The average Bonchev–Trinajstić information content (AvgIpc) is 3.38. The van der Waals surface area contributed by atoms with E-state index in [0.717, 1.165) is 24.8 Å². The van der Waals surface area contributed by atoms with E-state index >= 15 is 0 Å². The number of nitrogens with one attached hydrogen (secondary N) is 1. The standard InChI is InChI=1S/C28H37N3O4S/c1-21-10-14-25(15-11-21)36(34,35)30-19-16-24(17-20-30)28(33)31-18-6-9-26(31)27(32)29-22(2)12-13-23-7-4-3-5-8-23/h3-5,7-8,10-11,14-15,22,24,26H,6,9,12-13,16-20H2,1-2H3,(H,29,32). The minimum atomic E-state index is -3.57. The Labute approximate surface area is 214 Å². The number of sulfonamides is 1. The van der Waals surface area contributed by atoms with Crippen LogP contribution in [-0.4, -0.2) is 61.2 Å². The van der Waals surface area contributed by atoms with Crippen LogP contribution in [0.25, 0.3) is 0 Å². The van der Waals surface area contributed by atoms with Crippen molar-refractivity contribution in [3.8, 4) is 0 Å². The number of aryl methyl sites for hydroxylation is 2. The van der Waals surface area contributed by atoms with Crippen LogP contribution in [0.5, 0.6) is 0 Å². The third-order valence-corrected chi connectivity index (χ3v) is 9.31. The second-order valence-corrected chi connectivity index (χ2v) is 12.1. The third kappa shape index (κ3) is 6.16. The van der Waals surface area contributed by atoms with Crippen molar-refractivity contribution in [1.29, 1.82) is 0 Å². The van der Waals surface area contributed by atoms with E-state index in [1.54, 1.807) is 29.2 Å². The summed E-state index contributed by atoms with van der Waals surface area (Å²) in [5, 5.41) is 3.11. The Hall–Kier alpha value is -2.71. The van der Waals surface area contributed by atoms with E-state index in [2.05, 4.69) is 17.4 Å². The van der Waals surface area contributed by atoms with E-state index in [0.29, 0.717) is 38.9 Å². The van der Waals surface area contributed by atoms with E-state index in [1.807, 2.05) is 32.0 Å². The molecule has 2 atom stereocenters. The molecule has 2 amide bonds. The Kier molecular flexibility index (Phi) is 8.46. The molecule has 4 rings (SSSR count). The number of piperidine rings is 1. The smallest absolute Gasteiger partial charge is 0.243 e. The zero-order valence-electron chi connectivity index (χ0n) is 21.2. The van der Waals surface area contributed by atoms with Gasteiger partial charge in [-0.1, -0.05) is 48.0 Å². The molecule has 0 radical (unpaired) electrons. The summed E-state index contributed by atoms with van der Waals surface area (Å²) in [4.78, 5) is 28.4. The van der Waals surface area contributed by atoms with Gasteiger partial charge in [0.15, 0.2) is 0 Å². The Morgan fingerprint density at radius 1 is 0.972 bits per heavy atom. The molecule has 2 unspecified atom stereocenters. The van der Waals surface area contributed by atoms with E-state index < -0.39 is 16.1 Å². The van der Waals surface area contributed by atoms with Crippen molar-refractivity contribution >= 4 is 21.8 Å². The lowest BCUT2D eigenvalue weighted by Gasteiger charge is -2.34. The largest absolute Gasteiger partial charge is 0.352 e. The van der Waals surface area contributed by atoms with Crippen LogP contribution >= 0.6 is 0 Å². The van der Waals surface area contributed by atoms with Crippen molar-refractivity contribution in [3.05, 3.63) is 65.7 Å². The maximum atomic E-state index is 13.4. The minimum absolute atomic E-state index is 0.0167. The number of likely N-dealkylation sites (tertiary alicyclic amines) is 1. The van der Waals surface area contributed by atoms with Crippen LogP contribution in [0, 0.1) is 12.8 Å². The molecule has 2 fully saturated rings. The number of amides is 2. The van der Waals surface area contributed by atoms with Crippen molar-refractivity contribution in [2.24, 2.45) is 5.92 Å². The predicted octanol–water partition coefficient (Wildman–Crippen LogP) is 3.52. The van der Waals surface area contributed by atoms with Crippen LogP contribution in [0.1, 0.15) is 50.2 Å². The molecule has 0 aromatic heterocycles. The molecule has 2 aromatic rings. The lowest BCUT2D eigenvalue weighted by molar-refractivity contribution is -0.142. The first-order valence-electron chi connectivity index (χ1n) is 13.0. The number of nitrogens with zero attached hydrogens (tertiary/aromatic N) is 2. The first kappa shape index (κ1) is 26.4. The fourth-order valence-electron chi connectivity index (χ4n) is 5.18. The molecule has 194 valence electrons. The van der Waals surface area contributed by atoms with Crippen LogP contribution in [0.3, 0.4) is 0 Å². The maximum absolute atomic E-state index is 13.4. The van der Waals surface area contributed by atoms with Crippen molar-refractivity contribution in [2.45, 2.75) is 69.4 Å². The maximum Gasteiger partial charge on any atom is 0.243 e. The van der Waals surface area contributed by atoms with Crippen LogP contribution in [0.2, 0.25) is 0 Å². The van der Waals surface area contributed by atoms with Gasteiger partial charge in [-0.2, -0.15) is 4.31 Å². The summed E-state index contributed by atoms with van der Waals surface area (Å²) >= 11 is 0. The van der Waals surface area contributed by atoms with E-state index in [9.17, 15) is 18.0 Å². The van der Waals surface area contributed by atoms with Gasteiger partial charge in [-0.15, -0.1) is 0 Å². The summed E-state index contributed by atoms with van der Waals surface area (Å²) in [6.07, 6.45) is 4.15. The molecule has 36 heavy (non-hydrogen) atoms. The molecule has 2 saturated heterocycles. The monoisotopic (exact) mass is 511 g/mol. The Morgan fingerprint density at radius 2 is 1.64 bits per heavy atom. The summed E-state index contributed by atoms with van der Waals surface area (Å²) in [6, 6.07) is 16.6. The summed E-state index contributed by atoms with van der Waals surface area (Å²) in [5.74, 6) is -0.351. The van der Waals surface area contributed by atoms with Gasteiger partial charge >= 0.3 is 0 Å². The summed E-state index contributed by atoms with van der Waals surface area (Å²) < 4.78 is 27.5. The minimum Gasteiger partial charge on any atom is -0.352 e. The molecule has 8 heteroatoms. The van der Waals surface area contributed by atoms with Crippen molar-refractivity contribution < 1.29 is 18.0 Å². The van der Waals surface area contributed by atoms with E-state index in [-0.39, 0.29) is 28.7 Å². The van der Waals surface area contributed by atoms with E-state index in [4.69, 9.17) is 0 Å². The van der Waals surface area contributed by atoms with Gasteiger partial charge in [-0.25, -0.2) is 8.42 Å². The zero-order valence-corrected chi connectivity index (χ0v) is 22.0. The number of benzene rings is 2. The van der Waals surface area contributed by atoms with Crippen LogP contribution in [0.15, 0.2) is 59.5 Å². The Balaban J connectivity index is 1.29. The summed E-state index contributed by atoms with van der Waals surface area (Å²) in [5.41, 5.74) is 2.25. The molecule has 0 saturated carbocycles. The zero-order chi connectivity index (χ0) is 25.7. The fraction of sp³-hybridized carbons (Fsp3) is 0.500. The Bertz CT molecular complexity index is 1140. The van der Waals surface area contributed by atoms with Gasteiger partial charge in [0.05, 0.1) is 4.90 Å². The summed E-state index contributed by atoms with van der Waals surface area (Å²) in [7, 11) is -3.57. The van der Waals surface area contributed by atoms with Crippen molar-refractivity contribution in [1.82, 2.24) is 14.5 Å². The second kappa shape index (κ2) is 11.6. The number of carbonyl (C=O) groups is 2. The van der Waals surface area contributed by atoms with Crippen LogP contribution < -0.4 is 5.32 Å². The molecule has 0 aliphatic carbocycles. The molecule has 0 spiro atoms. The molecule has 1 N–H and O–H groups in total. The van der Waals surface area contributed by atoms with Gasteiger partial charge in [-0.05, 0) is 70.1 Å². The van der Waals surface area contributed by atoms with Gasteiger partial charge in [-0.3, -0.25) is 9.59 Å². The third-order valence-electron chi connectivity index (χ3n) is 7.40. The summed E-state index contributed by atoms with van der Waals surface area (Å²) in [6.45, 7) is 5.13. The van der Waals surface area contributed by atoms with Crippen LogP contribution in [-0.2, 0) is 26.0 Å². The molecule has 2 aromatic carbocycles. The number of rotatable bonds is 8. The quantitative estimate of drug-likeness (QED) is 0.588. The van der Waals surface area contributed by atoms with Gasteiger partial charge in [0.2, 0.25) is 21.8 Å². The Morgan fingerprint density at radius 3 is 2.31 bits per heavy atom.